The molecule has 0 saturated carbocycles. The summed E-state index contributed by atoms with van der Waals surface area (Å²) in [6, 6.07) is 8.30. The van der Waals surface area contributed by atoms with Gasteiger partial charge in [-0.15, -0.1) is 11.6 Å². The Kier molecular flexibility index (Phi) is 7.99. The fraction of sp³-hybridized carbons (Fsp3) is 0.100. The Hall–Kier alpha value is -0.990. The van der Waals surface area contributed by atoms with Gasteiger partial charge >= 0.3 is 5.97 Å². The van der Waals surface area contributed by atoms with Crippen molar-refractivity contribution in [1.29, 1.82) is 0 Å². The van der Waals surface area contributed by atoms with Gasteiger partial charge in [0.2, 0.25) is 0 Å². The summed E-state index contributed by atoms with van der Waals surface area (Å²) in [5.74, 6) is -0.376. The molecule has 0 radical (unpaired) electrons. The van der Waals surface area contributed by atoms with E-state index < -0.39 is 5.97 Å². The summed E-state index contributed by atoms with van der Waals surface area (Å²) in [7, 11) is 0. The highest BCUT2D eigenvalue weighted by Crippen LogP contribution is 1.96. The van der Waals surface area contributed by atoms with Crippen LogP contribution in [0.25, 0.3) is 0 Å². The van der Waals surface area contributed by atoms with Gasteiger partial charge in [-0.25, -0.2) is 4.79 Å². The van der Waals surface area contributed by atoms with Crippen LogP contribution in [0.3, 0.4) is 0 Å². The fourth-order valence-electron chi connectivity index (χ4n) is 0.614. The third-order valence-electron chi connectivity index (χ3n) is 1.20. The first-order valence-electron chi connectivity index (χ1n) is 3.82. The van der Waals surface area contributed by atoms with Gasteiger partial charge in [0.05, 0.1) is 5.56 Å². The molecule has 1 N–H and O–H groups in total. The van der Waals surface area contributed by atoms with E-state index >= 15 is 0 Å². The first-order valence-corrected chi connectivity index (χ1v) is 4.79. The van der Waals surface area contributed by atoms with Gasteiger partial charge in [0, 0.05) is 11.4 Å². The van der Waals surface area contributed by atoms with Crippen molar-refractivity contribution in [3.8, 4) is 0 Å². The molecular weight excluding hydrogens is 223 g/mol. The monoisotopic (exact) mass is 232 g/mol. The maximum atomic E-state index is 10.2. The quantitative estimate of drug-likeness (QED) is 0.795. The van der Waals surface area contributed by atoms with Crippen molar-refractivity contribution in [2.45, 2.75) is 0 Å². The van der Waals surface area contributed by atoms with Crippen molar-refractivity contribution in [2.24, 2.45) is 0 Å². The summed E-state index contributed by atoms with van der Waals surface area (Å²) in [6.45, 7) is 0. The lowest BCUT2D eigenvalue weighted by Gasteiger charge is -1.88. The summed E-state index contributed by atoms with van der Waals surface area (Å²) in [5, 5.41) is 8.38. The predicted molar refractivity (Wildman–Crippen MR) is 59.1 cm³/mol. The maximum absolute atomic E-state index is 10.2. The SMILES string of the molecule is ClC=CCCl.O=C(O)c1ccccc1. The molecule has 0 bridgehead atoms. The molecule has 0 fully saturated rings. The number of alkyl halides is 1. The van der Waals surface area contributed by atoms with E-state index in [1.54, 1.807) is 36.4 Å². The van der Waals surface area contributed by atoms with Gasteiger partial charge in [0.25, 0.3) is 0 Å². The smallest absolute Gasteiger partial charge is 0.335 e. The predicted octanol–water partition coefficient (Wildman–Crippen LogP) is 3.36. The molecule has 1 aromatic carbocycles. The fourth-order valence-corrected chi connectivity index (χ4v) is 0.884. The highest BCUT2D eigenvalue weighted by molar-refractivity contribution is 6.26. The van der Waals surface area contributed by atoms with Crippen molar-refractivity contribution in [2.75, 3.05) is 5.88 Å². The standard InChI is InChI=1S/C7H6O2.C3H4Cl2/c8-7(9)6-4-2-1-3-5-6;4-2-1-3-5/h1-5H,(H,8,9);1-2H,3H2. The van der Waals surface area contributed by atoms with Crippen LogP contribution in [0.2, 0.25) is 0 Å². The Morgan fingerprint density at radius 2 is 1.93 bits per heavy atom. The van der Waals surface area contributed by atoms with Crippen LogP contribution in [-0.2, 0) is 0 Å². The number of halogens is 2. The molecule has 0 saturated heterocycles. The Labute approximate surface area is 92.8 Å². The zero-order valence-corrected chi connectivity index (χ0v) is 8.87. The third-order valence-corrected chi connectivity index (χ3v) is 1.56. The van der Waals surface area contributed by atoms with Gasteiger partial charge in [-0.3, -0.25) is 0 Å². The highest BCUT2D eigenvalue weighted by atomic mass is 35.5. The molecule has 0 aliphatic rings. The molecule has 0 atom stereocenters. The van der Waals surface area contributed by atoms with Crippen LogP contribution >= 0.6 is 23.2 Å². The molecule has 4 heteroatoms. The molecule has 0 unspecified atom stereocenters. The normalized spacial score (nSPS) is 9.29. The molecule has 0 aliphatic carbocycles. The molecule has 1 aromatic rings. The molecule has 0 heterocycles. The second-order valence-electron chi connectivity index (χ2n) is 2.19. The summed E-state index contributed by atoms with van der Waals surface area (Å²) < 4.78 is 0. The summed E-state index contributed by atoms with van der Waals surface area (Å²) in [4.78, 5) is 10.2. The molecule has 2 nitrogen and oxygen atoms in total. The maximum Gasteiger partial charge on any atom is 0.335 e. The molecular formula is C10H10Cl2O2. The summed E-state index contributed by atoms with van der Waals surface area (Å²) in [5.41, 5.74) is 1.73. The second kappa shape index (κ2) is 8.60. The number of hydrogen-bond acceptors (Lipinski definition) is 1. The largest absolute Gasteiger partial charge is 0.478 e. The van der Waals surface area contributed by atoms with Gasteiger partial charge in [-0.05, 0) is 12.1 Å². The van der Waals surface area contributed by atoms with E-state index in [-0.39, 0.29) is 0 Å². The highest BCUT2D eigenvalue weighted by Gasteiger charge is 1.96. The topological polar surface area (TPSA) is 37.3 Å². The van der Waals surface area contributed by atoms with Crippen LogP contribution in [-0.4, -0.2) is 17.0 Å². The van der Waals surface area contributed by atoms with Gasteiger partial charge < -0.3 is 5.11 Å². The first-order chi connectivity index (χ1) is 6.72. The van der Waals surface area contributed by atoms with E-state index in [0.29, 0.717) is 11.4 Å². The van der Waals surface area contributed by atoms with Crippen molar-refractivity contribution in [1.82, 2.24) is 0 Å². The van der Waals surface area contributed by atoms with E-state index in [1.165, 1.54) is 5.54 Å². The molecule has 0 spiro atoms. The van der Waals surface area contributed by atoms with Crippen molar-refractivity contribution < 1.29 is 9.90 Å². The van der Waals surface area contributed by atoms with E-state index in [4.69, 9.17) is 28.3 Å². The van der Waals surface area contributed by atoms with Gasteiger partial charge in [0.15, 0.2) is 0 Å². The molecule has 14 heavy (non-hydrogen) atoms. The van der Waals surface area contributed by atoms with Crippen molar-refractivity contribution >= 4 is 29.2 Å². The van der Waals surface area contributed by atoms with E-state index in [1.807, 2.05) is 0 Å². The lowest BCUT2D eigenvalue weighted by Crippen LogP contribution is -1.93. The number of rotatable bonds is 2. The first kappa shape index (κ1) is 13.0. The van der Waals surface area contributed by atoms with Crippen LogP contribution in [0.5, 0.6) is 0 Å². The molecule has 0 aliphatic heterocycles. The minimum absolute atomic E-state index is 0.331. The average Bonchev–Trinajstić information content (AvgIpc) is 2.21. The van der Waals surface area contributed by atoms with E-state index in [9.17, 15) is 4.79 Å². The molecule has 0 amide bonds. The van der Waals surface area contributed by atoms with Crippen molar-refractivity contribution in [3.05, 3.63) is 47.5 Å². The zero-order valence-electron chi connectivity index (χ0n) is 7.36. The van der Waals surface area contributed by atoms with Gasteiger partial charge in [-0.1, -0.05) is 35.9 Å². The number of hydrogen-bond donors (Lipinski definition) is 1. The van der Waals surface area contributed by atoms with Gasteiger partial charge in [0.1, 0.15) is 0 Å². The molecule has 0 aromatic heterocycles. The lowest BCUT2D eigenvalue weighted by atomic mass is 10.2. The minimum atomic E-state index is -0.879. The second-order valence-corrected chi connectivity index (χ2v) is 2.75. The Bertz CT molecular complexity index is 283. The number of carboxylic acid groups (broad SMARTS) is 1. The Morgan fingerprint density at radius 3 is 2.14 bits per heavy atom. The number of allylic oxidation sites excluding steroid dienone is 1. The Balaban J connectivity index is 0.000000292. The van der Waals surface area contributed by atoms with E-state index in [2.05, 4.69) is 0 Å². The molecule has 76 valence electrons. The number of aromatic carboxylic acids is 1. The summed E-state index contributed by atoms with van der Waals surface area (Å²) in [6.07, 6.45) is 1.66. The van der Waals surface area contributed by atoms with Crippen LogP contribution in [0.1, 0.15) is 10.4 Å². The average molecular weight is 233 g/mol. The lowest BCUT2D eigenvalue weighted by molar-refractivity contribution is 0.0697. The van der Waals surface area contributed by atoms with Crippen LogP contribution in [0, 0.1) is 0 Å². The number of carboxylic acids is 1. The van der Waals surface area contributed by atoms with Crippen LogP contribution in [0.15, 0.2) is 41.9 Å². The van der Waals surface area contributed by atoms with Crippen molar-refractivity contribution in [3.63, 3.8) is 0 Å². The van der Waals surface area contributed by atoms with Gasteiger partial charge in [-0.2, -0.15) is 0 Å². The third kappa shape index (κ3) is 6.52. The van der Waals surface area contributed by atoms with E-state index in [0.717, 1.165) is 0 Å². The number of benzene rings is 1. The zero-order chi connectivity index (χ0) is 10.8. The number of carbonyl (C=O) groups is 1. The molecule has 1 rings (SSSR count). The summed E-state index contributed by atoms with van der Waals surface area (Å²) >= 11 is 10.2. The minimum Gasteiger partial charge on any atom is -0.478 e. The van der Waals surface area contributed by atoms with Crippen LogP contribution in [0.4, 0.5) is 0 Å². The Morgan fingerprint density at radius 1 is 1.36 bits per heavy atom. The van der Waals surface area contributed by atoms with Crippen LogP contribution < -0.4 is 0 Å².